The van der Waals surface area contributed by atoms with Gasteiger partial charge < -0.3 is 14.5 Å². The Balaban J connectivity index is 1.53. The molecule has 1 saturated heterocycles. The Morgan fingerprint density at radius 3 is 2.53 bits per heavy atom. The minimum atomic E-state index is -0.451. The molecule has 32 heavy (non-hydrogen) atoms. The van der Waals surface area contributed by atoms with Crippen molar-refractivity contribution < 1.29 is 9.66 Å². The summed E-state index contributed by atoms with van der Waals surface area (Å²) < 4.78 is 7.20. The van der Waals surface area contributed by atoms with Crippen LogP contribution in [-0.2, 0) is 0 Å². The van der Waals surface area contributed by atoms with Crippen LogP contribution in [-0.4, -0.2) is 63.1 Å². The van der Waals surface area contributed by atoms with Crippen LogP contribution in [0.2, 0.25) is 5.02 Å². The Kier molecular flexibility index (Phi) is 6.24. The lowest BCUT2D eigenvalue weighted by Gasteiger charge is -2.37. The standard InChI is InChI=1S/C21H21ClN6O3S/c1-14-20(27(24-23-14)18-5-3-4-6-19(18)31-2)21(32)26-11-9-25(10-12-26)17-8-7-15(28(29)30)13-16(17)22/h3-8,13H,9-12H2,1-2H3. The van der Waals surface area contributed by atoms with Crippen LogP contribution < -0.4 is 9.64 Å². The molecule has 0 bridgehead atoms. The van der Waals surface area contributed by atoms with Crippen LogP contribution in [0.3, 0.4) is 0 Å². The number of nitro benzene ring substituents is 1. The van der Waals surface area contributed by atoms with Gasteiger partial charge in [0.25, 0.3) is 5.69 Å². The number of nitrogens with zero attached hydrogens (tertiary/aromatic N) is 6. The largest absolute Gasteiger partial charge is 0.494 e. The van der Waals surface area contributed by atoms with Crippen LogP contribution in [0, 0.1) is 17.0 Å². The molecule has 0 saturated carbocycles. The zero-order valence-electron chi connectivity index (χ0n) is 17.6. The Labute approximate surface area is 195 Å². The number of halogens is 1. The van der Waals surface area contributed by atoms with E-state index >= 15 is 0 Å². The molecule has 0 unspecified atom stereocenters. The predicted octanol–water partition coefficient (Wildman–Crippen LogP) is 3.64. The molecule has 11 heteroatoms. The highest BCUT2D eigenvalue weighted by Gasteiger charge is 2.26. The molecule has 1 aliphatic heterocycles. The third kappa shape index (κ3) is 4.11. The molecule has 4 rings (SSSR count). The smallest absolute Gasteiger partial charge is 0.271 e. The molecule has 0 aliphatic carbocycles. The van der Waals surface area contributed by atoms with Gasteiger partial charge in [-0.05, 0) is 25.1 Å². The van der Waals surface area contributed by atoms with Crippen molar-refractivity contribution in [2.24, 2.45) is 0 Å². The minimum absolute atomic E-state index is 0.0221. The van der Waals surface area contributed by atoms with Gasteiger partial charge in [0.1, 0.15) is 22.1 Å². The lowest BCUT2D eigenvalue weighted by Crippen LogP contribution is -2.49. The molecule has 0 spiro atoms. The molecule has 0 radical (unpaired) electrons. The molecular weight excluding hydrogens is 452 g/mol. The molecule has 0 N–H and O–H groups in total. The van der Waals surface area contributed by atoms with Crippen molar-refractivity contribution in [2.45, 2.75) is 6.92 Å². The van der Waals surface area contributed by atoms with Crippen molar-refractivity contribution in [1.29, 1.82) is 0 Å². The lowest BCUT2D eigenvalue weighted by molar-refractivity contribution is -0.384. The van der Waals surface area contributed by atoms with Gasteiger partial charge in [-0.25, -0.2) is 4.68 Å². The van der Waals surface area contributed by atoms with Crippen LogP contribution in [0.5, 0.6) is 5.75 Å². The highest BCUT2D eigenvalue weighted by molar-refractivity contribution is 7.80. The van der Waals surface area contributed by atoms with Crippen molar-refractivity contribution in [3.05, 3.63) is 69.0 Å². The number of thiocarbonyl (C=S) groups is 1. The molecule has 2 aromatic carbocycles. The number of benzene rings is 2. The van der Waals surface area contributed by atoms with E-state index in [1.54, 1.807) is 17.9 Å². The van der Waals surface area contributed by atoms with Gasteiger partial charge in [0.15, 0.2) is 0 Å². The van der Waals surface area contributed by atoms with Crippen LogP contribution in [0.15, 0.2) is 42.5 Å². The third-order valence-corrected chi connectivity index (χ3v) is 6.16. The maximum Gasteiger partial charge on any atom is 0.271 e. The molecule has 3 aromatic rings. The number of hydrogen-bond acceptors (Lipinski definition) is 7. The average Bonchev–Trinajstić information content (AvgIpc) is 3.19. The second-order valence-electron chi connectivity index (χ2n) is 7.28. The van der Waals surface area contributed by atoms with Crippen LogP contribution >= 0.6 is 23.8 Å². The van der Waals surface area contributed by atoms with Crippen LogP contribution in [0.4, 0.5) is 11.4 Å². The molecule has 9 nitrogen and oxygen atoms in total. The molecule has 2 heterocycles. The Hall–Kier alpha value is -3.24. The van der Waals surface area contributed by atoms with E-state index in [-0.39, 0.29) is 5.69 Å². The number of non-ortho nitro benzene ring substituents is 1. The van der Waals surface area contributed by atoms with Crippen molar-refractivity contribution >= 4 is 40.2 Å². The normalized spacial score (nSPS) is 13.8. The molecule has 0 atom stereocenters. The highest BCUT2D eigenvalue weighted by atomic mass is 35.5. The predicted molar refractivity (Wildman–Crippen MR) is 126 cm³/mol. The molecule has 0 amide bonds. The summed E-state index contributed by atoms with van der Waals surface area (Å²) in [5.41, 5.74) is 3.02. The molecule has 1 aromatic heterocycles. The summed E-state index contributed by atoms with van der Waals surface area (Å²) in [5.74, 6) is 0.680. The zero-order chi connectivity index (χ0) is 22.8. The number of rotatable bonds is 5. The van der Waals surface area contributed by atoms with Gasteiger partial charge in [0.2, 0.25) is 0 Å². The van der Waals surface area contributed by atoms with E-state index in [1.165, 1.54) is 12.1 Å². The first-order chi connectivity index (χ1) is 15.4. The summed E-state index contributed by atoms with van der Waals surface area (Å²) >= 11 is 12.1. The van der Waals surface area contributed by atoms with E-state index < -0.39 is 4.92 Å². The van der Waals surface area contributed by atoms with Gasteiger partial charge in [-0.3, -0.25) is 10.1 Å². The van der Waals surface area contributed by atoms with Crippen molar-refractivity contribution in [3.8, 4) is 11.4 Å². The quantitative estimate of drug-likeness (QED) is 0.316. The number of piperazine rings is 1. The first-order valence-electron chi connectivity index (χ1n) is 9.94. The second-order valence-corrected chi connectivity index (χ2v) is 8.07. The summed E-state index contributed by atoms with van der Waals surface area (Å²) in [4.78, 5) is 15.4. The summed E-state index contributed by atoms with van der Waals surface area (Å²) in [7, 11) is 1.61. The number of para-hydroxylation sites is 2. The fourth-order valence-corrected chi connectivity index (χ4v) is 4.45. The number of ether oxygens (including phenoxy) is 1. The Morgan fingerprint density at radius 1 is 1.16 bits per heavy atom. The van der Waals surface area contributed by atoms with E-state index in [2.05, 4.69) is 20.1 Å². The van der Waals surface area contributed by atoms with Crippen molar-refractivity contribution in [1.82, 2.24) is 19.9 Å². The first-order valence-corrected chi connectivity index (χ1v) is 10.7. The van der Waals surface area contributed by atoms with E-state index in [0.29, 0.717) is 41.9 Å². The maximum absolute atomic E-state index is 11.0. The molecular formula is C21H21ClN6O3S. The SMILES string of the molecule is COc1ccccc1-n1nnc(C)c1C(=S)N1CCN(c2ccc([N+](=O)[O-])cc2Cl)CC1. The summed E-state index contributed by atoms with van der Waals surface area (Å²) in [5, 5.41) is 19.9. The van der Waals surface area contributed by atoms with E-state index in [9.17, 15) is 10.1 Å². The summed E-state index contributed by atoms with van der Waals surface area (Å²) in [6.45, 7) is 4.57. The van der Waals surface area contributed by atoms with Gasteiger partial charge in [0, 0.05) is 38.3 Å². The fraction of sp³-hybridized carbons (Fsp3) is 0.286. The molecule has 1 aliphatic rings. The van der Waals surface area contributed by atoms with Crippen LogP contribution in [0.1, 0.15) is 11.4 Å². The number of hydrogen-bond donors (Lipinski definition) is 0. The van der Waals surface area contributed by atoms with Crippen molar-refractivity contribution in [2.75, 3.05) is 38.2 Å². The number of aromatic nitrogens is 3. The second kappa shape index (κ2) is 9.09. The van der Waals surface area contributed by atoms with E-state index in [1.807, 2.05) is 31.2 Å². The molecule has 1 fully saturated rings. The minimum Gasteiger partial charge on any atom is -0.494 e. The monoisotopic (exact) mass is 472 g/mol. The average molecular weight is 473 g/mol. The van der Waals surface area contributed by atoms with Gasteiger partial charge in [-0.1, -0.05) is 41.2 Å². The summed E-state index contributed by atoms with van der Waals surface area (Å²) in [6, 6.07) is 12.1. The van der Waals surface area contributed by atoms with E-state index in [4.69, 9.17) is 28.6 Å². The van der Waals surface area contributed by atoms with Gasteiger partial charge in [0.05, 0.1) is 28.4 Å². The Morgan fingerprint density at radius 2 is 1.88 bits per heavy atom. The molecule has 166 valence electrons. The van der Waals surface area contributed by atoms with Gasteiger partial charge in [-0.15, -0.1) is 5.10 Å². The van der Waals surface area contributed by atoms with Gasteiger partial charge in [-0.2, -0.15) is 0 Å². The van der Waals surface area contributed by atoms with Crippen LogP contribution in [0.25, 0.3) is 5.69 Å². The Bertz CT molecular complexity index is 1180. The fourth-order valence-electron chi connectivity index (χ4n) is 3.74. The van der Waals surface area contributed by atoms with Crippen molar-refractivity contribution in [3.63, 3.8) is 0 Å². The highest BCUT2D eigenvalue weighted by Crippen LogP contribution is 2.31. The maximum atomic E-state index is 11.0. The number of anilines is 1. The summed E-state index contributed by atoms with van der Waals surface area (Å²) in [6.07, 6.45) is 0. The zero-order valence-corrected chi connectivity index (χ0v) is 19.1. The van der Waals surface area contributed by atoms with E-state index in [0.717, 1.165) is 22.8 Å². The number of aryl methyl sites for hydroxylation is 1. The number of nitro groups is 1. The lowest BCUT2D eigenvalue weighted by atomic mass is 10.2. The number of methoxy groups -OCH3 is 1. The topological polar surface area (TPSA) is 89.6 Å². The first kappa shape index (κ1) is 22.0. The van der Waals surface area contributed by atoms with Gasteiger partial charge >= 0.3 is 0 Å². The third-order valence-electron chi connectivity index (χ3n) is 5.40.